The molecule has 6 heteroatoms. The van der Waals surface area contributed by atoms with E-state index in [1.165, 1.54) is 6.33 Å². The van der Waals surface area contributed by atoms with Crippen molar-refractivity contribution < 1.29 is 4.74 Å². The molecule has 0 unspecified atom stereocenters. The highest BCUT2D eigenvalue weighted by Gasteiger charge is 2.17. The fourth-order valence-electron chi connectivity index (χ4n) is 1.84. The van der Waals surface area contributed by atoms with Gasteiger partial charge in [-0.1, -0.05) is 41.4 Å². The van der Waals surface area contributed by atoms with Gasteiger partial charge in [0.2, 0.25) is 5.88 Å². The van der Waals surface area contributed by atoms with Crippen molar-refractivity contribution in [3.63, 3.8) is 0 Å². The molecule has 2 rings (SSSR count). The molecule has 1 aromatic carbocycles. The largest absolute Gasteiger partial charge is 0.437 e. The van der Waals surface area contributed by atoms with E-state index in [1.54, 1.807) is 12.1 Å². The Bertz CT molecular complexity index is 619. The Kier molecular flexibility index (Phi) is 4.83. The second-order valence-corrected chi connectivity index (χ2v) is 5.85. The van der Waals surface area contributed by atoms with E-state index < -0.39 is 0 Å². The van der Waals surface area contributed by atoms with Crippen molar-refractivity contribution in [1.29, 1.82) is 0 Å². The molecule has 1 heterocycles. The van der Waals surface area contributed by atoms with Gasteiger partial charge in [0.05, 0.1) is 10.6 Å². The predicted molar refractivity (Wildman–Crippen MR) is 84.9 cm³/mol. The third-order valence-electron chi connectivity index (χ3n) is 2.76. The van der Waals surface area contributed by atoms with Gasteiger partial charge in [0.15, 0.2) is 0 Å². The summed E-state index contributed by atoms with van der Waals surface area (Å²) in [5.74, 6) is 2.07. The number of hydrogen-bond donors (Lipinski definition) is 1. The van der Waals surface area contributed by atoms with Crippen LogP contribution in [0.1, 0.15) is 25.3 Å². The van der Waals surface area contributed by atoms with Crippen LogP contribution in [-0.4, -0.2) is 17.0 Å². The molecule has 0 aliphatic rings. The normalized spacial score (nSPS) is 10.7. The van der Waals surface area contributed by atoms with Crippen LogP contribution in [0.15, 0.2) is 29.0 Å². The lowest BCUT2D eigenvalue weighted by atomic mass is 10.1. The van der Waals surface area contributed by atoms with Gasteiger partial charge < -0.3 is 10.1 Å². The second kappa shape index (κ2) is 6.41. The predicted octanol–water partition coefficient (Wildman–Crippen LogP) is 4.85. The van der Waals surface area contributed by atoms with Crippen molar-refractivity contribution in [1.82, 2.24) is 9.97 Å². The molecule has 0 fully saturated rings. The van der Waals surface area contributed by atoms with Crippen molar-refractivity contribution >= 4 is 33.3 Å². The molecule has 2 aromatic rings. The number of rotatable bonds is 4. The number of halogens is 2. The lowest BCUT2D eigenvalue weighted by Gasteiger charge is -2.16. The van der Waals surface area contributed by atoms with Crippen molar-refractivity contribution in [3.05, 3.63) is 39.6 Å². The topological polar surface area (TPSA) is 47.0 Å². The molecular weight excluding hydrogens is 342 g/mol. The van der Waals surface area contributed by atoms with Gasteiger partial charge in [0.1, 0.15) is 17.9 Å². The Morgan fingerprint density at radius 3 is 2.65 bits per heavy atom. The standard InChI is InChI=1S/C14H15BrClN3O/c1-8(2)12-13(17-3)18-7-19-14(12)20-11-5-4-9(15)6-10(11)16/h4-8H,1-3H3,(H,17,18,19). The van der Waals surface area contributed by atoms with E-state index in [4.69, 9.17) is 16.3 Å². The van der Waals surface area contributed by atoms with Crippen LogP contribution >= 0.6 is 27.5 Å². The molecule has 0 saturated heterocycles. The number of nitrogens with zero attached hydrogens (tertiary/aromatic N) is 2. The van der Waals surface area contributed by atoms with Crippen LogP contribution < -0.4 is 10.1 Å². The van der Waals surface area contributed by atoms with Gasteiger partial charge in [-0.3, -0.25) is 0 Å². The van der Waals surface area contributed by atoms with Crippen LogP contribution in [0, 0.1) is 0 Å². The maximum absolute atomic E-state index is 6.17. The van der Waals surface area contributed by atoms with E-state index in [0.717, 1.165) is 15.9 Å². The maximum atomic E-state index is 6.17. The minimum absolute atomic E-state index is 0.225. The molecule has 0 aliphatic carbocycles. The van der Waals surface area contributed by atoms with E-state index in [9.17, 15) is 0 Å². The summed E-state index contributed by atoms with van der Waals surface area (Å²) in [5, 5.41) is 3.58. The van der Waals surface area contributed by atoms with Crippen molar-refractivity contribution in [2.75, 3.05) is 12.4 Å². The van der Waals surface area contributed by atoms with Gasteiger partial charge in [-0.25, -0.2) is 9.97 Å². The molecule has 4 nitrogen and oxygen atoms in total. The van der Waals surface area contributed by atoms with Gasteiger partial charge in [-0.15, -0.1) is 0 Å². The van der Waals surface area contributed by atoms with E-state index in [0.29, 0.717) is 16.7 Å². The zero-order valence-electron chi connectivity index (χ0n) is 11.4. The van der Waals surface area contributed by atoms with E-state index >= 15 is 0 Å². The van der Waals surface area contributed by atoms with Gasteiger partial charge in [-0.2, -0.15) is 0 Å². The van der Waals surface area contributed by atoms with Gasteiger partial charge in [0, 0.05) is 11.5 Å². The van der Waals surface area contributed by atoms with Gasteiger partial charge in [0.25, 0.3) is 0 Å². The number of anilines is 1. The molecule has 0 atom stereocenters. The van der Waals surface area contributed by atoms with Gasteiger partial charge >= 0.3 is 0 Å². The summed E-state index contributed by atoms with van der Waals surface area (Å²) in [6.07, 6.45) is 1.47. The zero-order valence-corrected chi connectivity index (χ0v) is 13.8. The average molecular weight is 357 g/mol. The SMILES string of the molecule is CNc1ncnc(Oc2ccc(Br)cc2Cl)c1C(C)C. The van der Waals surface area contributed by atoms with Crippen molar-refractivity contribution in [3.8, 4) is 11.6 Å². The summed E-state index contributed by atoms with van der Waals surface area (Å²) >= 11 is 9.54. The van der Waals surface area contributed by atoms with Crippen molar-refractivity contribution in [2.24, 2.45) is 0 Å². The quantitative estimate of drug-likeness (QED) is 0.850. The molecule has 1 aromatic heterocycles. The first-order valence-electron chi connectivity index (χ1n) is 6.18. The van der Waals surface area contributed by atoms with E-state index in [2.05, 4.69) is 45.1 Å². The van der Waals surface area contributed by atoms with Crippen LogP contribution in [-0.2, 0) is 0 Å². The fourth-order valence-corrected chi connectivity index (χ4v) is 2.55. The highest BCUT2D eigenvalue weighted by atomic mass is 79.9. The van der Waals surface area contributed by atoms with E-state index in [1.807, 2.05) is 13.1 Å². The molecule has 0 spiro atoms. The summed E-state index contributed by atoms with van der Waals surface area (Å²) < 4.78 is 6.76. The minimum atomic E-state index is 0.225. The molecule has 0 radical (unpaired) electrons. The van der Waals surface area contributed by atoms with Gasteiger partial charge in [-0.05, 0) is 24.1 Å². The second-order valence-electron chi connectivity index (χ2n) is 4.52. The molecule has 0 aliphatic heterocycles. The van der Waals surface area contributed by atoms with E-state index in [-0.39, 0.29) is 5.92 Å². The Balaban J connectivity index is 2.43. The molecule has 106 valence electrons. The number of benzene rings is 1. The monoisotopic (exact) mass is 355 g/mol. The highest BCUT2D eigenvalue weighted by molar-refractivity contribution is 9.10. The number of ether oxygens (including phenoxy) is 1. The first kappa shape index (κ1) is 15.1. The van der Waals surface area contributed by atoms with Crippen LogP contribution in [0.3, 0.4) is 0 Å². The molecule has 0 saturated carbocycles. The molecule has 0 amide bonds. The van der Waals surface area contributed by atoms with Crippen molar-refractivity contribution in [2.45, 2.75) is 19.8 Å². The van der Waals surface area contributed by atoms with Crippen LogP contribution in [0.4, 0.5) is 5.82 Å². The molecule has 1 N–H and O–H groups in total. The molecule has 0 bridgehead atoms. The van der Waals surface area contributed by atoms with Crippen LogP contribution in [0.2, 0.25) is 5.02 Å². The summed E-state index contributed by atoms with van der Waals surface area (Å²) in [4.78, 5) is 8.44. The summed E-state index contributed by atoms with van der Waals surface area (Å²) in [7, 11) is 1.82. The first-order chi connectivity index (χ1) is 9.52. The van der Waals surface area contributed by atoms with Crippen LogP contribution in [0.25, 0.3) is 0 Å². The lowest BCUT2D eigenvalue weighted by Crippen LogP contribution is -2.04. The first-order valence-corrected chi connectivity index (χ1v) is 7.35. The Morgan fingerprint density at radius 1 is 1.30 bits per heavy atom. The third kappa shape index (κ3) is 3.22. The maximum Gasteiger partial charge on any atom is 0.227 e. The molecular formula is C14H15BrClN3O. The Morgan fingerprint density at radius 2 is 2.05 bits per heavy atom. The number of nitrogens with one attached hydrogen (secondary N) is 1. The third-order valence-corrected chi connectivity index (χ3v) is 3.55. The Hall–Kier alpha value is -1.33. The zero-order chi connectivity index (χ0) is 14.7. The molecule has 20 heavy (non-hydrogen) atoms. The number of aromatic nitrogens is 2. The average Bonchev–Trinajstić information content (AvgIpc) is 2.41. The summed E-state index contributed by atoms with van der Waals surface area (Å²) in [6.45, 7) is 4.13. The summed E-state index contributed by atoms with van der Waals surface area (Å²) in [6, 6.07) is 5.46. The minimum Gasteiger partial charge on any atom is -0.437 e. The highest BCUT2D eigenvalue weighted by Crippen LogP contribution is 2.36. The lowest BCUT2D eigenvalue weighted by molar-refractivity contribution is 0.452. The smallest absolute Gasteiger partial charge is 0.227 e. The number of hydrogen-bond acceptors (Lipinski definition) is 4. The Labute approximate surface area is 131 Å². The van der Waals surface area contributed by atoms with Crippen LogP contribution in [0.5, 0.6) is 11.6 Å². The fraction of sp³-hybridized carbons (Fsp3) is 0.286. The summed E-state index contributed by atoms with van der Waals surface area (Å²) in [5.41, 5.74) is 0.925.